The van der Waals surface area contributed by atoms with Gasteiger partial charge in [0.15, 0.2) is 0 Å². The molecule has 0 saturated carbocycles. The van der Waals surface area contributed by atoms with E-state index in [9.17, 15) is 13.5 Å². The molecule has 0 unspecified atom stereocenters. The molecular weight excluding hydrogens is 365 g/mol. The minimum Gasteiger partial charge on any atom is -0.508 e. The van der Waals surface area contributed by atoms with Gasteiger partial charge in [0.25, 0.3) is 10.0 Å². The van der Waals surface area contributed by atoms with Crippen molar-refractivity contribution in [3.63, 3.8) is 0 Å². The van der Waals surface area contributed by atoms with Gasteiger partial charge in [-0.25, -0.2) is 8.42 Å². The number of phenolic OH excluding ortho intramolecular Hbond substituents is 1. The van der Waals surface area contributed by atoms with Gasteiger partial charge < -0.3 is 5.11 Å². The predicted octanol–water partition coefficient (Wildman–Crippen LogP) is 2.80. The van der Waals surface area contributed by atoms with Crippen molar-refractivity contribution >= 4 is 38.3 Å². The maximum atomic E-state index is 12.0. The Morgan fingerprint density at radius 3 is 2.33 bits per heavy atom. The van der Waals surface area contributed by atoms with Gasteiger partial charge in [0.2, 0.25) is 0 Å². The molecule has 0 fully saturated rings. The summed E-state index contributed by atoms with van der Waals surface area (Å²) in [4.78, 5) is 0.186. The Kier molecular flexibility index (Phi) is 3.76. The van der Waals surface area contributed by atoms with Gasteiger partial charge in [-0.1, -0.05) is 6.07 Å². The number of hydrogen-bond donors (Lipinski definition) is 2. The van der Waals surface area contributed by atoms with Gasteiger partial charge in [0.1, 0.15) is 5.75 Å². The average Bonchev–Trinajstić information content (AvgIpc) is 2.29. The van der Waals surface area contributed by atoms with Crippen molar-refractivity contribution in [1.82, 2.24) is 0 Å². The summed E-state index contributed by atoms with van der Waals surface area (Å²) in [5.41, 5.74) is 0.327. The molecule has 18 heavy (non-hydrogen) atoms. The molecule has 0 amide bonds. The highest BCUT2D eigenvalue weighted by Gasteiger charge is 2.13. The summed E-state index contributed by atoms with van der Waals surface area (Å²) in [6.45, 7) is 0. The first-order valence-corrected chi connectivity index (χ1v) is 7.61. The minimum absolute atomic E-state index is 0.0119. The van der Waals surface area contributed by atoms with Crippen LogP contribution < -0.4 is 4.72 Å². The fourth-order valence-corrected chi connectivity index (χ4v) is 2.81. The van der Waals surface area contributed by atoms with Gasteiger partial charge in [-0.05, 0) is 59.0 Å². The van der Waals surface area contributed by atoms with Gasteiger partial charge in [0.05, 0.1) is 10.6 Å². The summed E-state index contributed by atoms with van der Waals surface area (Å²) in [6.07, 6.45) is 0. The molecule has 2 rings (SSSR count). The van der Waals surface area contributed by atoms with Crippen molar-refractivity contribution in [2.24, 2.45) is 0 Å². The van der Waals surface area contributed by atoms with E-state index in [0.717, 1.165) is 3.57 Å². The molecule has 0 aliphatic carbocycles. The van der Waals surface area contributed by atoms with Crippen molar-refractivity contribution in [2.45, 2.75) is 4.90 Å². The van der Waals surface area contributed by atoms with E-state index in [4.69, 9.17) is 0 Å². The highest BCUT2D eigenvalue weighted by Crippen LogP contribution is 2.20. The molecule has 2 aromatic rings. The van der Waals surface area contributed by atoms with E-state index in [0.29, 0.717) is 5.69 Å². The molecule has 0 saturated heterocycles. The van der Waals surface area contributed by atoms with Crippen LogP contribution in [0.3, 0.4) is 0 Å². The molecule has 0 aromatic heterocycles. The van der Waals surface area contributed by atoms with Crippen molar-refractivity contribution in [1.29, 1.82) is 0 Å². The lowest BCUT2D eigenvalue weighted by molar-refractivity contribution is 0.475. The summed E-state index contributed by atoms with van der Waals surface area (Å²) in [5, 5.41) is 9.28. The Labute approximate surface area is 119 Å². The average molecular weight is 375 g/mol. The maximum absolute atomic E-state index is 12.0. The normalized spacial score (nSPS) is 11.2. The zero-order chi connectivity index (χ0) is 13.2. The molecule has 0 spiro atoms. The summed E-state index contributed by atoms with van der Waals surface area (Å²) < 4.78 is 27.4. The zero-order valence-corrected chi connectivity index (χ0v) is 12.1. The number of phenols is 1. The second-order valence-electron chi connectivity index (χ2n) is 3.61. The molecule has 0 radical (unpaired) electrons. The number of hydrogen-bond acceptors (Lipinski definition) is 3. The van der Waals surface area contributed by atoms with E-state index >= 15 is 0 Å². The second-order valence-corrected chi connectivity index (χ2v) is 6.54. The van der Waals surface area contributed by atoms with Crippen LogP contribution in [0.1, 0.15) is 0 Å². The van der Waals surface area contributed by atoms with E-state index < -0.39 is 10.0 Å². The summed E-state index contributed by atoms with van der Waals surface area (Å²) in [7, 11) is -3.61. The Bertz CT molecular complexity index is 653. The lowest BCUT2D eigenvalue weighted by atomic mass is 10.3. The Morgan fingerprint density at radius 1 is 1.06 bits per heavy atom. The van der Waals surface area contributed by atoms with Crippen LogP contribution in [0.4, 0.5) is 5.69 Å². The molecule has 0 atom stereocenters. The van der Waals surface area contributed by atoms with Crippen LogP contribution in [0, 0.1) is 3.57 Å². The first-order chi connectivity index (χ1) is 8.47. The zero-order valence-electron chi connectivity index (χ0n) is 9.17. The van der Waals surface area contributed by atoms with Crippen molar-refractivity contribution in [2.75, 3.05) is 4.72 Å². The fraction of sp³-hybridized carbons (Fsp3) is 0. The first-order valence-electron chi connectivity index (χ1n) is 5.05. The molecule has 2 N–H and O–H groups in total. The van der Waals surface area contributed by atoms with Crippen LogP contribution in [0.2, 0.25) is 0 Å². The fourth-order valence-electron chi connectivity index (χ4n) is 1.40. The standard InChI is InChI=1S/C12H10INO3S/c13-9-4-6-12(7-5-9)18(16,17)14-10-2-1-3-11(15)8-10/h1-8,14-15H. The molecule has 0 heterocycles. The number of halogens is 1. The number of rotatable bonds is 3. The van der Waals surface area contributed by atoms with Gasteiger partial charge in [-0.2, -0.15) is 0 Å². The van der Waals surface area contributed by atoms with Crippen LogP contribution in [0.5, 0.6) is 5.75 Å². The number of sulfonamides is 1. The van der Waals surface area contributed by atoms with Crippen LogP contribution >= 0.6 is 22.6 Å². The Hall–Kier alpha value is -1.28. The lowest BCUT2D eigenvalue weighted by Gasteiger charge is -2.08. The second kappa shape index (κ2) is 5.15. The van der Waals surface area contributed by atoms with Crippen molar-refractivity contribution in [3.8, 4) is 5.75 Å². The number of benzene rings is 2. The van der Waals surface area contributed by atoms with Crippen molar-refractivity contribution in [3.05, 3.63) is 52.1 Å². The molecule has 0 aliphatic heterocycles. The SMILES string of the molecule is O=S(=O)(Nc1cccc(O)c1)c1ccc(I)cc1. The third-order valence-corrected chi connectivity index (χ3v) is 4.34. The van der Waals surface area contributed by atoms with Crippen LogP contribution in [-0.4, -0.2) is 13.5 Å². The van der Waals surface area contributed by atoms with Crippen LogP contribution in [0.25, 0.3) is 0 Å². The van der Waals surface area contributed by atoms with Gasteiger partial charge in [-0.15, -0.1) is 0 Å². The molecule has 94 valence electrons. The van der Waals surface area contributed by atoms with Crippen molar-refractivity contribution < 1.29 is 13.5 Å². The number of nitrogens with one attached hydrogen (secondary N) is 1. The van der Waals surface area contributed by atoms with Crippen LogP contribution in [0.15, 0.2) is 53.4 Å². The minimum atomic E-state index is -3.61. The third kappa shape index (κ3) is 3.14. The largest absolute Gasteiger partial charge is 0.508 e. The van der Waals surface area contributed by atoms with E-state index in [2.05, 4.69) is 27.3 Å². The van der Waals surface area contributed by atoms with Crippen LogP contribution in [-0.2, 0) is 10.0 Å². The van der Waals surface area contributed by atoms with Gasteiger partial charge >= 0.3 is 0 Å². The van der Waals surface area contributed by atoms with E-state index in [-0.39, 0.29) is 10.6 Å². The summed E-state index contributed by atoms with van der Waals surface area (Å²) in [6, 6.07) is 12.5. The molecule has 6 heteroatoms. The molecular formula is C12H10INO3S. The predicted molar refractivity (Wildman–Crippen MR) is 78.1 cm³/mol. The van der Waals surface area contributed by atoms with E-state index in [1.807, 2.05) is 0 Å². The smallest absolute Gasteiger partial charge is 0.261 e. The highest BCUT2D eigenvalue weighted by atomic mass is 127. The molecule has 4 nitrogen and oxygen atoms in total. The summed E-state index contributed by atoms with van der Waals surface area (Å²) in [5.74, 6) is 0.0119. The van der Waals surface area contributed by atoms with Gasteiger partial charge in [-0.3, -0.25) is 4.72 Å². The topological polar surface area (TPSA) is 66.4 Å². The van der Waals surface area contributed by atoms with Gasteiger partial charge in [0, 0.05) is 9.64 Å². The number of anilines is 1. The molecule has 0 aliphatic rings. The number of aromatic hydroxyl groups is 1. The molecule has 2 aromatic carbocycles. The van der Waals surface area contributed by atoms with E-state index in [1.54, 1.807) is 24.3 Å². The monoisotopic (exact) mass is 375 g/mol. The van der Waals surface area contributed by atoms with E-state index in [1.165, 1.54) is 24.3 Å². The Balaban J connectivity index is 2.30. The Morgan fingerprint density at radius 2 is 1.72 bits per heavy atom. The third-order valence-electron chi connectivity index (χ3n) is 2.22. The maximum Gasteiger partial charge on any atom is 0.261 e. The quantitative estimate of drug-likeness (QED) is 0.811. The lowest BCUT2D eigenvalue weighted by Crippen LogP contribution is -2.12. The first kappa shape index (κ1) is 13.2. The summed E-state index contributed by atoms with van der Waals surface area (Å²) >= 11 is 2.10. The molecule has 0 bridgehead atoms. The highest BCUT2D eigenvalue weighted by molar-refractivity contribution is 14.1.